The number of hydrogen-bond donors (Lipinski definition) is 2. The Kier molecular flexibility index (Phi) is 3.33. The number of nitrogens with one attached hydrogen (secondary N) is 1. The van der Waals surface area contributed by atoms with Gasteiger partial charge in [-0.25, -0.2) is 4.98 Å². The van der Waals surface area contributed by atoms with Crippen molar-refractivity contribution in [3.8, 4) is 0 Å². The molecular weight excluding hydrogens is 264 g/mol. The van der Waals surface area contributed by atoms with Crippen LogP contribution in [0.2, 0.25) is 5.02 Å². The quantitative estimate of drug-likeness (QED) is 0.875. The predicted molar refractivity (Wildman–Crippen MR) is 74.1 cm³/mol. The molecule has 6 heteroatoms. The number of likely N-dealkylation sites (tertiary alicyclic amines) is 1. The molecule has 1 saturated carbocycles. The molecule has 1 saturated heterocycles. The van der Waals surface area contributed by atoms with E-state index < -0.39 is 0 Å². The third kappa shape index (κ3) is 2.82. The number of carbonyl (C=O) groups excluding carboxylic acids is 1. The summed E-state index contributed by atoms with van der Waals surface area (Å²) in [5, 5.41) is 3.33. The fraction of sp³-hybridized carbons (Fsp3) is 0.538. The number of halogens is 1. The average Bonchev–Trinajstić information content (AvgIpc) is 3.13. The van der Waals surface area contributed by atoms with Gasteiger partial charge in [-0.2, -0.15) is 0 Å². The molecule has 2 aliphatic rings. The highest BCUT2D eigenvalue weighted by Gasteiger charge is 2.35. The standard InChI is InChI=1S/C13H17ClN4O/c14-10-3-4-11(15)17-12(10)13(19)16-8-5-6-18(7-8)9-1-2-9/h3-4,8-9H,1-2,5-7H2,(H2,15,17)(H,16,19). The number of aromatic nitrogens is 1. The molecule has 0 spiro atoms. The van der Waals surface area contributed by atoms with Gasteiger partial charge in [0.05, 0.1) is 5.02 Å². The van der Waals surface area contributed by atoms with E-state index in [4.69, 9.17) is 17.3 Å². The topological polar surface area (TPSA) is 71.2 Å². The lowest BCUT2D eigenvalue weighted by atomic mass is 10.2. The van der Waals surface area contributed by atoms with Gasteiger partial charge in [-0.15, -0.1) is 0 Å². The highest BCUT2D eigenvalue weighted by molar-refractivity contribution is 6.33. The summed E-state index contributed by atoms with van der Waals surface area (Å²) in [5.74, 6) is 0.0699. The number of nitrogen functional groups attached to an aromatic ring is 1. The van der Waals surface area contributed by atoms with Crippen molar-refractivity contribution >= 4 is 23.3 Å². The van der Waals surface area contributed by atoms with Gasteiger partial charge in [-0.1, -0.05) is 11.6 Å². The lowest BCUT2D eigenvalue weighted by Crippen LogP contribution is -2.38. The van der Waals surface area contributed by atoms with Gasteiger partial charge in [0.25, 0.3) is 5.91 Å². The Hall–Kier alpha value is -1.33. The largest absolute Gasteiger partial charge is 0.384 e. The first-order valence-corrected chi connectivity index (χ1v) is 6.98. The zero-order chi connectivity index (χ0) is 13.4. The maximum atomic E-state index is 12.1. The van der Waals surface area contributed by atoms with Crippen LogP contribution in [0.15, 0.2) is 12.1 Å². The van der Waals surface area contributed by atoms with Crippen molar-refractivity contribution in [3.05, 3.63) is 22.8 Å². The number of rotatable bonds is 3. The van der Waals surface area contributed by atoms with E-state index in [9.17, 15) is 4.79 Å². The van der Waals surface area contributed by atoms with Gasteiger partial charge in [-0.3, -0.25) is 9.69 Å². The van der Waals surface area contributed by atoms with Gasteiger partial charge in [0.15, 0.2) is 0 Å². The first-order chi connectivity index (χ1) is 9.13. The van der Waals surface area contributed by atoms with Crippen LogP contribution in [0.3, 0.4) is 0 Å². The number of amides is 1. The van der Waals surface area contributed by atoms with Gasteiger partial charge in [0.2, 0.25) is 0 Å². The van der Waals surface area contributed by atoms with Gasteiger partial charge in [0, 0.05) is 25.2 Å². The van der Waals surface area contributed by atoms with E-state index in [1.807, 2.05) is 0 Å². The molecule has 19 heavy (non-hydrogen) atoms. The minimum Gasteiger partial charge on any atom is -0.384 e. The number of pyridine rings is 1. The van der Waals surface area contributed by atoms with Crippen molar-refractivity contribution in [2.24, 2.45) is 0 Å². The molecule has 3 N–H and O–H groups in total. The van der Waals surface area contributed by atoms with E-state index in [-0.39, 0.29) is 17.6 Å². The van der Waals surface area contributed by atoms with Crippen molar-refractivity contribution in [2.45, 2.75) is 31.3 Å². The normalized spacial score (nSPS) is 23.5. The molecule has 1 amide bonds. The average molecular weight is 281 g/mol. The predicted octanol–water partition coefficient (Wildman–Crippen LogP) is 1.28. The maximum Gasteiger partial charge on any atom is 0.271 e. The highest BCUT2D eigenvalue weighted by Crippen LogP contribution is 2.29. The molecule has 5 nitrogen and oxygen atoms in total. The minimum absolute atomic E-state index is 0.187. The molecule has 1 aliphatic carbocycles. The van der Waals surface area contributed by atoms with E-state index in [0.717, 1.165) is 25.6 Å². The molecule has 0 radical (unpaired) electrons. The van der Waals surface area contributed by atoms with Gasteiger partial charge in [0.1, 0.15) is 11.5 Å². The number of anilines is 1. The second-order valence-electron chi connectivity index (χ2n) is 5.25. The maximum absolute atomic E-state index is 12.1. The highest BCUT2D eigenvalue weighted by atomic mass is 35.5. The van der Waals surface area contributed by atoms with Crippen molar-refractivity contribution < 1.29 is 4.79 Å². The van der Waals surface area contributed by atoms with Crippen LogP contribution in [0, 0.1) is 0 Å². The fourth-order valence-electron chi connectivity index (χ4n) is 2.55. The number of hydrogen-bond acceptors (Lipinski definition) is 4. The monoisotopic (exact) mass is 280 g/mol. The SMILES string of the molecule is Nc1ccc(Cl)c(C(=O)NC2CCN(C3CC3)C2)n1. The number of carbonyl (C=O) groups is 1. The van der Waals surface area contributed by atoms with E-state index in [1.54, 1.807) is 12.1 Å². The first kappa shape index (κ1) is 12.7. The molecule has 1 aliphatic heterocycles. The Balaban J connectivity index is 1.63. The Morgan fingerprint density at radius 1 is 1.42 bits per heavy atom. The molecule has 2 heterocycles. The third-order valence-electron chi connectivity index (χ3n) is 3.70. The Bertz CT molecular complexity index is 503. The third-order valence-corrected chi connectivity index (χ3v) is 4.01. The summed E-state index contributed by atoms with van der Waals surface area (Å²) in [6.07, 6.45) is 3.58. The van der Waals surface area contributed by atoms with Crippen molar-refractivity contribution in [1.29, 1.82) is 0 Å². The van der Waals surface area contributed by atoms with Crippen LogP contribution >= 0.6 is 11.6 Å². The smallest absolute Gasteiger partial charge is 0.271 e. The Morgan fingerprint density at radius 3 is 2.95 bits per heavy atom. The first-order valence-electron chi connectivity index (χ1n) is 6.60. The molecule has 3 rings (SSSR count). The molecule has 1 aromatic heterocycles. The van der Waals surface area contributed by atoms with E-state index in [0.29, 0.717) is 10.8 Å². The van der Waals surface area contributed by atoms with Crippen molar-refractivity contribution in [2.75, 3.05) is 18.8 Å². The van der Waals surface area contributed by atoms with Crippen LogP contribution in [-0.2, 0) is 0 Å². The van der Waals surface area contributed by atoms with Crippen molar-refractivity contribution in [1.82, 2.24) is 15.2 Å². The summed E-state index contributed by atoms with van der Waals surface area (Å²) in [4.78, 5) is 18.6. The van der Waals surface area contributed by atoms with Crippen LogP contribution in [0.5, 0.6) is 0 Å². The number of nitrogens with two attached hydrogens (primary N) is 1. The van der Waals surface area contributed by atoms with Gasteiger partial charge >= 0.3 is 0 Å². The molecule has 0 aromatic carbocycles. The van der Waals surface area contributed by atoms with Crippen LogP contribution in [0.1, 0.15) is 29.8 Å². The van der Waals surface area contributed by atoms with Gasteiger partial charge in [-0.05, 0) is 31.4 Å². The molecule has 2 fully saturated rings. The van der Waals surface area contributed by atoms with Crippen LogP contribution in [0.25, 0.3) is 0 Å². The molecule has 102 valence electrons. The van der Waals surface area contributed by atoms with Crippen LogP contribution in [-0.4, -0.2) is 41.0 Å². The summed E-state index contributed by atoms with van der Waals surface area (Å²) < 4.78 is 0. The Morgan fingerprint density at radius 2 is 2.21 bits per heavy atom. The van der Waals surface area contributed by atoms with Gasteiger partial charge < -0.3 is 11.1 Å². The van der Waals surface area contributed by atoms with E-state index >= 15 is 0 Å². The van der Waals surface area contributed by atoms with E-state index in [2.05, 4.69) is 15.2 Å². The minimum atomic E-state index is -0.236. The zero-order valence-electron chi connectivity index (χ0n) is 10.6. The van der Waals surface area contributed by atoms with E-state index in [1.165, 1.54) is 12.8 Å². The summed E-state index contributed by atoms with van der Waals surface area (Å²) in [7, 11) is 0. The summed E-state index contributed by atoms with van der Waals surface area (Å²) in [6.45, 7) is 1.99. The second-order valence-corrected chi connectivity index (χ2v) is 5.66. The van der Waals surface area contributed by atoms with Crippen LogP contribution in [0.4, 0.5) is 5.82 Å². The second kappa shape index (κ2) is 4.98. The summed E-state index contributed by atoms with van der Waals surface area (Å²) in [6, 6.07) is 4.12. The molecule has 1 aromatic rings. The lowest BCUT2D eigenvalue weighted by Gasteiger charge is -2.15. The number of nitrogens with zero attached hydrogens (tertiary/aromatic N) is 2. The zero-order valence-corrected chi connectivity index (χ0v) is 11.4. The summed E-state index contributed by atoms with van der Waals surface area (Å²) >= 11 is 5.98. The molecule has 0 bridgehead atoms. The molecule has 1 atom stereocenters. The van der Waals surface area contributed by atoms with Crippen LogP contribution < -0.4 is 11.1 Å². The summed E-state index contributed by atoms with van der Waals surface area (Å²) in [5.41, 5.74) is 5.80. The fourth-order valence-corrected chi connectivity index (χ4v) is 2.74. The van der Waals surface area contributed by atoms with Crippen molar-refractivity contribution in [3.63, 3.8) is 0 Å². The molecule has 1 unspecified atom stereocenters. The Labute approximate surface area is 117 Å². The lowest BCUT2D eigenvalue weighted by molar-refractivity contribution is 0.0933. The molecular formula is C13H17ClN4O.